The van der Waals surface area contributed by atoms with E-state index in [0.717, 1.165) is 0 Å². The third-order valence-corrected chi connectivity index (χ3v) is 3.78. The van der Waals surface area contributed by atoms with E-state index in [4.69, 9.17) is 5.26 Å². The maximum atomic E-state index is 12.0. The van der Waals surface area contributed by atoms with Crippen molar-refractivity contribution in [2.45, 2.75) is 26.7 Å². The number of hydrogen-bond donors (Lipinski definition) is 2. The summed E-state index contributed by atoms with van der Waals surface area (Å²) >= 11 is 0. The molecule has 0 bridgehead atoms. The highest BCUT2D eigenvalue weighted by Crippen LogP contribution is 2.32. The zero-order chi connectivity index (χ0) is 19.3. The molecule has 0 radical (unpaired) electrons. The summed E-state index contributed by atoms with van der Waals surface area (Å²) in [7, 11) is 0. The van der Waals surface area contributed by atoms with Crippen molar-refractivity contribution >= 4 is 45.5 Å². The highest BCUT2D eigenvalue weighted by Gasteiger charge is 2.19. The average Bonchev–Trinajstić information content (AvgIpc) is 2.67. The van der Waals surface area contributed by atoms with Crippen molar-refractivity contribution in [2.24, 2.45) is 0 Å². The quantitative estimate of drug-likeness (QED) is 0.776. The lowest BCUT2D eigenvalue weighted by Crippen LogP contribution is -2.25. The van der Waals surface area contributed by atoms with Gasteiger partial charge in [-0.3, -0.25) is 19.2 Å². The van der Waals surface area contributed by atoms with Crippen LogP contribution in [0.3, 0.4) is 0 Å². The predicted octanol–water partition coefficient (Wildman–Crippen LogP) is 2.55. The van der Waals surface area contributed by atoms with Crippen LogP contribution in [0, 0.1) is 11.3 Å². The number of ketones is 2. The van der Waals surface area contributed by atoms with Crippen LogP contribution in [0.15, 0.2) is 30.3 Å². The topological polar surface area (TPSA) is 116 Å². The Morgan fingerprint density at radius 3 is 2.12 bits per heavy atom. The summed E-state index contributed by atoms with van der Waals surface area (Å²) in [6.07, 6.45) is 0.0755. The number of rotatable bonds is 6. The normalized spacial score (nSPS) is 10.0. The van der Waals surface area contributed by atoms with Crippen molar-refractivity contribution in [3.8, 4) is 6.07 Å². The molecule has 0 saturated heterocycles. The van der Waals surface area contributed by atoms with Gasteiger partial charge in [-0.1, -0.05) is 26.0 Å². The lowest BCUT2D eigenvalue weighted by molar-refractivity contribution is -0.134. The Bertz CT molecular complexity index is 957. The van der Waals surface area contributed by atoms with E-state index in [1.807, 2.05) is 6.07 Å². The summed E-state index contributed by atoms with van der Waals surface area (Å²) in [6, 6.07) is 9.97. The van der Waals surface area contributed by atoms with Crippen LogP contribution in [0.1, 0.15) is 32.3 Å². The van der Waals surface area contributed by atoms with E-state index in [9.17, 15) is 19.2 Å². The number of Topliss-reactive ketones (excluding diaryl/α,β-unsaturated/α-hetero) is 2. The molecule has 132 valence electrons. The zero-order valence-electron chi connectivity index (χ0n) is 14.4. The van der Waals surface area contributed by atoms with Gasteiger partial charge in [0.15, 0.2) is 0 Å². The SMILES string of the molecule is CCC(=O)C(=O)Nc1ccc2cc(C#N)ccc2c1NC(=O)C(=O)CC. The van der Waals surface area contributed by atoms with E-state index in [0.29, 0.717) is 16.3 Å². The number of hydrogen-bond acceptors (Lipinski definition) is 5. The van der Waals surface area contributed by atoms with Crippen molar-refractivity contribution < 1.29 is 19.2 Å². The van der Waals surface area contributed by atoms with Crippen LogP contribution < -0.4 is 10.6 Å². The van der Waals surface area contributed by atoms with Gasteiger partial charge in [0.1, 0.15) is 0 Å². The summed E-state index contributed by atoms with van der Waals surface area (Å²) < 4.78 is 0. The van der Waals surface area contributed by atoms with Crippen LogP contribution in [0.4, 0.5) is 11.4 Å². The average molecular weight is 351 g/mol. The largest absolute Gasteiger partial charge is 0.318 e. The first kappa shape index (κ1) is 18.8. The van der Waals surface area contributed by atoms with Gasteiger partial charge in [-0.15, -0.1) is 0 Å². The predicted molar refractivity (Wildman–Crippen MR) is 96.5 cm³/mol. The molecule has 0 aliphatic rings. The first-order valence-electron chi connectivity index (χ1n) is 8.06. The summed E-state index contributed by atoms with van der Waals surface area (Å²) in [5.41, 5.74) is 0.833. The maximum Gasteiger partial charge on any atom is 0.291 e. The second kappa shape index (κ2) is 8.03. The van der Waals surface area contributed by atoms with Crippen molar-refractivity contribution in [3.05, 3.63) is 35.9 Å². The van der Waals surface area contributed by atoms with Crippen LogP contribution in [0.5, 0.6) is 0 Å². The molecule has 0 saturated carbocycles. The van der Waals surface area contributed by atoms with Gasteiger partial charge in [-0.25, -0.2) is 0 Å². The molecular weight excluding hydrogens is 334 g/mol. The maximum absolute atomic E-state index is 12.0. The number of anilines is 2. The van der Waals surface area contributed by atoms with Crippen LogP contribution in [-0.4, -0.2) is 23.4 Å². The van der Waals surface area contributed by atoms with Gasteiger partial charge in [0.2, 0.25) is 11.6 Å². The molecule has 0 atom stereocenters. The van der Waals surface area contributed by atoms with Gasteiger partial charge in [0.25, 0.3) is 11.8 Å². The monoisotopic (exact) mass is 351 g/mol. The summed E-state index contributed by atoms with van der Waals surface area (Å²) in [6.45, 7) is 3.13. The first-order chi connectivity index (χ1) is 12.4. The molecule has 26 heavy (non-hydrogen) atoms. The van der Waals surface area contributed by atoms with Gasteiger partial charge in [0.05, 0.1) is 23.0 Å². The van der Waals surface area contributed by atoms with Gasteiger partial charge >= 0.3 is 0 Å². The highest BCUT2D eigenvalue weighted by atomic mass is 16.2. The van der Waals surface area contributed by atoms with Crippen LogP contribution in [0.2, 0.25) is 0 Å². The van der Waals surface area contributed by atoms with Crippen molar-refractivity contribution in [3.63, 3.8) is 0 Å². The van der Waals surface area contributed by atoms with Crippen molar-refractivity contribution in [1.29, 1.82) is 5.26 Å². The summed E-state index contributed by atoms with van der Waals surface area (Å²) in [5, 5.41) is 15.2. The van der Waals surface area contributed by atoms with E-state index in [1.165, 1.54) is 6.07 Å². The van der Waals surface area contributed by atoms with Crippen molar-refractivity contribution in [2.75, 3.05) is 10.6 Å². The Kier molecular flexibility index (Phi) is 5.81. The van der Waals surface area contributed by atoms with Crippen molar-refractivity contribution in [1.82, 2.24) is 0 Å². The minimum absolute atomic E-state index is 0.0329. The molecule has 2 aromatic carbocycles. The number of carbonyl (C=O) groups excluding carboxylic acids is 4. The van der Waals surface area contributed by atoms with E-state index < -0.39 is 23.4 Å². The molecule has 2 rings (SSSR count). The van der Waals surface area contributed by atoms with Gasteiger partial charge in [0, 0.05) is 18.2 Å². The van der Waals surface area contributed by atoms with Crippen LogP contribution in [0.25, 0.3) is 10.8 Å². The van der Waals surface area contributed by atoms with Crippen LogP contribution in [-0.2, 0) is 19.2 Å². The fourth-order valence-electron chi connectivity index (χ4n) is 2.33. The van der Waals surface area contributed by atoms with Gasteiger partial charge in [-0.05, 0) is 23.6 Å². The molecule has 7 heteroatoms. The lowest BCUT2D eigenvalue weighted by Gasteiger charge is -2.14. The fraction of sp³-hybridized carbons (Fsp3) is 0.211. The molecule has 0 fully saturated rings. The molecule has 0 aliphatic carbocycles. The molecule has 0 spiro atoms. The molecule has 2 aromatic rings. The Morgan fingerprint density at radius 2 is 1.54 bits per heavy atom. The molecule has 2 N–H and O–H groups in total. The Morgan fingerprint density at radius 1 is 0.923 bits per heavy atom. The summed E-state index contributed by atoms with van der Waals surface area (Å²) in [4.78, 5) is 47.2. The van der Waals surface area contributed by atoms with E-state index in [-0.39, 0.29) is 24.2 Å². The van der Waals surface area contributed by atoms with Crippen LogP contribution >= 0.6 is 0 Å². The van der Waals surface area contributed by atoms with E-state index in [2.05, 4.69) is 10.6 Å². The fourth-order valence-corrected chi connectivity index (χ4v) is 2.33. The Labute approximate surface area is 150 Å². The molecular formula is C19H17N3O4. The molecule has 0 unspecified atom stereocenters. The molecule has 0 heterocycles. The zero-order valence-corrected chi connectivity index (χ0v) is 14.4. The Balaban J connectivity index is 2.56. The standard InChI is InChI=1S/C19H17N3O4/c1-3-15(23)18(25)21-14-8-6-12-9-11(10-20)5-7-13(12)17(14)22-19(26)16(24)4-2/h5-9H,3-4H2,1-2H3,(H,21,25)(H,22,26). The lowest BCUT2D eigenvalue weighted by atomic mass is 10.0. The molecule has 2 amide bonds. The first-order valence-corrected chi connectivity index (χ1v) is 8.06. The number of nitriles is 1. The third-order valence-electron chi connectivity index (χ3n) is 3.78. The third kappa shape index (κ3) is 3.92. The number of benzene rings is 2. The van der Waals surface area contributed by atoms with E-state index in [1.54, 1.807) is 38.1 Å². The number of amides is 2. The smallest absolute Gasteiger partial charge is 0.291 e. The minimum atomic E-state index is -0.818. The molecule has 7 nitrogen and oxygen atoms in total. The number of fused-ring (bicyclic) bond motifs is 1. The van der Waals surface area contributed by atoms with E-state index >= 15 is 0 Å². The highest BCUT2D eigenvalue weighted by molar-refractivity contribution is 6.43. The minimum Gasteiger partial charge on any atom is -0.318 e. The second-order valence-corrected chi connectivity index (χ2v) is 5.50. The molecule has 0 aromatic heterocycles. The van der Waals surface area contributed by atoms with Gasteiger partial charge < -0.3 is 10.6 Å². The number of carbonyl (C=O) groups is 4. The second-order valence-electron chi connectivity index (χ2n) is 5.50. The number of nitrogens with one attached hydrogen (secondary N) is 2. The Hall–Kier alpha value is -3.53. The summed E-state index contributed by atoms with van der Waals surface area (Å²) in [5.74, 6) is -2.84. The number of nitrogens with zero attached hydrogens (tertiary/aromatic N) is 1. The van der Waals surface area contributed by atoms with Gasteiger partial charge in [-0.2, -0.15) is 5.26 Å². The molecule has 0 aliphatic heterocycles.